The smallest absolute Gasteiger partial charge is 0.407 e. The van der Waals surface area contributed by atoms with Crippen molar-refractivity contribution in [3.05, 3.63) is 95.6 Å². The lowest BCUT2D eigenvalue weighted by molar-refractivity contribution is -0.160. The number of carboxylic acid groups (broad SMARTS) is 1. The Bertz CT molecular complexity index is 1610. The number of carboxylic acids is 1. The normalized spacial score (nSPS) is 14.6. The Balaban J connectivity index is 1.50. The molecule has 11 heteroatoms. The quantitative estimate of drug-likeness (QED) is 0.175. The topological polar surface area (TPSA) is 160 Å². The number of esters is 1. The molecule has 0 radical (unpaired) electrons. The second-order valence-electron chi connectivity index (χ2n) is 13.3. The molecular weight excluding hydrogens is 626 g/mol. The first kappa shape index (κ1) is 36.6. The van der Waals surface area contributed by atoms with Gasteiger partial charge in [0.25, 0.3) is 0 Å². The lowest BCUT2D eigenvalue weighted by Gasteiger charge is -2.29. The Hall–Kier alpha value is -5.19. The maximum Gasteiger partial charge on any atom is 0.407 e. The summed E-state index contributed by atoms with van der Waals surface area (Å²) in [5.41, 5.74) is 4.08. The molecule has 4 N–H and O–H groups in total. The molecule has 0 fully saturated rings. The van der Waals surface area contributed by atoms with Crippen LogP contribution in [0.2, 0.25) is 0 Å². The van der Waals surface area contributed by atoms with E-state index >= 15 is 0 Å². The summed E-state index contributed by atoms with van der Waals surface area (Å²) in [6.07, 6.45) is -1.06. The maximum atomic E-state index is 13.7. The van der Waals surface area contributed by atoms with Crippen LogP contribution in [-0.4, -0.2) is 65.3 Å². The van der Waals surface area contributed by atoms with Crippen LogP contribution in [-0.2, 0) is 35.1 Å². The largest absolute Gasteiger partial charge is 0.481 e. The Morgan fingerprint density at radius 1 is 0.776 bits per heavy atom. The fourth-order valence-corrected chi connectivity index (χ4v) is 5.79. The number of hydrogen-bond donors (Lipinski definition) is 4. The van der Waals surface area contributed by atoms with Crippen LogP contribution in [0.15, 0.2) is 78.9 Å². The third-order valence-electron chi connectivity index (χ3n) is 8.42. The Labute approximate surface area is 286 Å². The molecule has 0 bridgehead atoms. The van der Waals surface area contributed by atoms with Crippen molar-refractivity contribution in [3.63, 3.8) is 0 Å². The minimum Gasteiger partial charge on any atom is -0.481 e. The molecule has 11 nitrogen and oxygen atoms in total. The highest BCUT2D eigenvalue weighted by atomic mass is 16.6. The van der Waals surface area contributed by atoms with Crippen molar-refractivity contribution in [1.29, 1.82) is 0 Å². The number of rotatable bonds is 14. The van der Waals surface area contributed by atoms with E-state index in [2.05, 4.69) is 16.0 Å². The zero-order valence-electron chi connectivity index (χ0n) is 28.5. The van der Waals surface area contributed by atoms with Gasteiger partial charge in [0.15, 0.2) is 0 Å². The van der Waals surface area contributed by atoms with Crippen molar-refractivity contribution >= 4 is 29.8 Å². The lowest BCUT2D eigenvalue weighted by Crippen LogP contribution is -2.58. The summed E-state index contributed by atoms with van der Waals surface area (Å²) in [5, 5.41) is 17.3. The first-order chi connectivity index (χ1) is 23.3. The average molecular weight is 672 g/mol. The van der Waals surface area contributed by atoms with Crippen LogP contribution >= 0.6 is 0 Å². The van der Waals surface area contributed by atoms with Crippen LogP contribution in [0.3, 0.4) is 0 Å². The molecule has 1 aliphatic rings. The maximum absolute atomic E-state index is 13.7. The highest BCUT2D eigenvalue weighted by Gasteiger charge is 2.35. The Morgan fingerprint density at radius 3 is 1.88 bits per heavy atom. The van der Waals surface area contributed by atoms with Gasteiger partial charge in [-0.1, -0.05) is 99.1 Å². The Kier molecular flexibility index (Phi) is 12.2. The molecule has 3 aromatic carbocycles. The van der Waals surface area contributed by atoms with Gasteiger partial charge in [-0.25, -0.2) is 9.59 Å². The van der Waals surface area contributed by atoms with E-state index in [1.54, 1.807) is 52.0 Å². The van der Waals surface area contributed by atoms with E-state index in [0.717, 1.165) is 22.3 Å². The van der Waals surface area contributed by atoms with Gasteiger partial charge in [-0.15, -0.1) is 0 Å². The van der Waals surface area contributed by atoms with E-state index in [1.165, 1.54) is 0 Å². The fraction of sp³-hybridized carbons (Fsp3) is 0.395. The number of carbonyl (C=O) groups excluding carboxylic acids is 4. The second-order valence-corrected chi connectivity index (χ2v) is 13.3. The highest BCUT2D eigenvalue weighted by molar-refractivity contribution is 5.95. The minimum atomic E-state index is -1.55. The van der Waals surface area contributed by atoms with Crippen LogP contribution in [0.1, 0.15) is 70.1 Å². The Morgan fingerprint density at radius 2 is 1.33 bits per heavy atom. The summed E-state index contributed by atoms with van der Waals surface area (Å²) in [4.78, 5) is 65.2. The van der Waals surface area contributed by atoms with Crippen LogP contribution in [0, 0.1) is 5.92 Å². The summed E-state index contributed by atoms with van der Waals surface area (Å²) in [6, 6.07) is 20.9. The van der Waals surface area contributed by atoms with Gasteiger partial charge < -0.3 is 30.5 Å². The standard InChI is InChI=1S/C38H45N3O8/c1-6-23(2)33(36(46)49-38(3,4)5)41-35(45)31(21-32(42)43)39-34(44)30(20-24-14-8-7-9-15-24)40-37(47)48-22-29-27-18-12-10-16-25(27)26-17-11-13-19-28(26)29/h7-19,23,29-31,33H,6,20-22H2,1-5H3,(H,39,44)(H,40,47)(H,41,45)(H,42,43)/t23-,30-,31-,33-/m0/s1. The first-order valence-corrected chi connectivity index (χ1v) is 16.5. The number of ether oxygens (including phenoxy) is 2. The molecule has 0 aliphatic heterocycles. The highest BCUT2D eigenvalue weighted by Crippen LogP contribution is 2.44. The third-order valence-corrected chi connectivity index (χ3v) is 8.42. The van der Waals surface area contributed by atoms with E-state index in [4.69, 9.17) is 9.47 Å². The SMILES string of the molecule is CC[C@H](C)[C@H](NC(=O)[C@H](CC(=O)O)NC(=O)[C@H](Cc1ccccc1)NC(=O)OCC1c2ccccc2-c2ccccc21)C(=O)OC(C)(C)C. The molecule has 3 aromatic rings. The van der Waals surface area contributed by atoms with Crippen molar-refractivity contribution in [2.24, 2.45) is 5.92 Å². The van der Waals surface area contributed by atoms with E-state index in [9.17, 15) is 29.1 Å². The van der Waals surface area contributed by atoms with Crippen molar-refractivity contribution < 1.29 is 38.6 Å². The molecule has 0 unspecified atom stereocenters. The van der Waals surface area contributed by atoms with Crippen LogP contribution in [0.4, 0.5) is 4.79 Å². The molecule has 1 aliphatic carbocycles. The summed E-state index contributed by atoms with van der Waals surface area (Å²) in [7, 11) is 0. The number of nitrogens with one attached hydrogen (secondary N) is 3. The van der Waals surface area contributed by atoms with Crippen molar-refractivity contribution in [2.45, 2.75) is 83.5 Å². The molecular formula is C38H45N3O8. The predicted octanol–water partition coefficient (Wildman–Crippen LogP) is 4.97. The van der Waals surface area contributed by atoms with Crippen molar-refractivity contribution in [1.82, 2.24) is 16.0 Å². The van der Waals surface area contributed by atoms with Crippen LogP contribution < -0.4 is 16.0 Å². The number of aliphatic carboxylic acids is 1. The third kappa shape index (κ3) is 9.91. The van der Waals surface area contributed by atoms with Gasteiger partial charge in [-0.3, -0.25) is 14.4 Å². The average Bonchev–Trinajstić information content (AvgIpc) is 3.38. The molecule has 0 heterocycles. The number of hydrogen-bond acceptors (Lipinski definition) is 7. The monoisotopic (exact) mass is 671 g/mol. The molecule has 0 saturated heterocycles. The molecule has 0 spiro atoms. The van der Waals surface area contributed by atoms with Gasteiger partial charge >= 0.3 is 18.0 Å². The van der Waals surface area contributed by atoms with Gasteiger partial charge in [0, 0.05) is 12.3 Å². The molecule has 0 saturated carbocycles. The minimum absolute atomic E-state index is 0.0191. The molecule has 4 atom stereocenters. The van der Waals surface area contributed by atoms with Crippen LogP contribution in [0.5, 0.6) is 0 Å². The molecule has 49 heavy (non-hydrogen) atoms. The zero-order valence-corrected chi connectivity index (χ0v) is 28.5. The summed E-state index contributed by atoms with van der Waals surface area (Å²) >= 11 is 0. The van der Waals surface area contributed by atoms with E-state index in [1.807, 2.05) is 61.5 Å². The number of benzene rings is 3. The fourth-order valence-electron chi connectivity index (χ4n) is 5.79. The van der Waals surface area contributed by atoms with Crippen molar-refractivity contribution in [3.8, 4) is 11.1 Å². The number of alkyl carbamates (subject to hydrolysis) is 1. The predicted molar refractivity (Wildman–Crippen MR) is 184 cm³/mol. The molecule has 260 valence electrons. The van der Waals surface area contributed by atoms with Gasteiger partial charge in [0.2, 0.25) is 11.8 Å². The molecule has 4 rings (SSSR count). The summed E-state index contributed by atoms with van der Waals surface area (Å²) < 4.78 is 11.2. The van der Waals surface area contributed by atoms with Crippen LogP contribution in [0.25, 0.3) is 11.1 Å². The van der Waals surface area contributed by atoms with Gasteiger partial charge in [0.1, 0.15) is 30.3 Å². The number of amides is 3. The van der Waals surface area contributed by atoms with E-state index < -0.39 is 60.0 Å². The summed E-state index contributed by atoms with van der Waals surface area (Å²) in [5.74, 6) is -4.23. The molecule has 3 amide bonds. The van der Waals surface area contributed by atoms with Gasteiger partial charge in [-0.2, -0.15) is 0 Å². The number of carbonyl (C=O) groups is 5. The summed E-state index contributed by atoms with van der Waals surface area (Å²) in [6.45, 7) is 8.71. The lowest BCUT2D eigenvalue weighted by atomic mass is 9.98. The number of fused-ring (bicyclic) bond motifs is 3. The van der Waals surface area contributed by atoms with Crippen molar-refractivity contribution in [2.75, 3.05) is 6.61 Å². The second kappa shape index (κ2) is 16.3. The van der Waals surface area contributed by atoms with Gasteiger partial charge in [-0.05, 0) is 54.5 Å². The van der Waals surface area contributed by atoms with E-state index in [-0.39, 0.29) is 24.9 Å². The molecule has 0 aromatic heterocycles. The first-order valence-electron chi connectivity index (χ1n) is 16.5. The van der Waals surface area contributed by atoms with E-state index in [0.29, 0.717) is 12.0 Å². The van der Waals surface area contributed by atoms with Gasteiger partial charge in [0.05, 0.1) is 6.42 Å². The zero-order chi connectivity index (χ0) is 35.7.